The van der Waals surface area contributed by atoms with Crippen molar-refractivity contribution in [3.8, 4) is 6.07 Å². The highest BCUT2D eigenvalue weighted by atomic mass is 16.2. The van der Waals surface area contributed by atoms with Crippen LogP contribution in [0.1, 0.15) is 33.1 Å². The van der Waals surface area contributed by atoms with Gasteiger partial charge in [0.15, 0.2) is 0 Å². The normalized spacial score (nSPS) is 28.2. The van der Waals surface area contributed by atoms with Crippen LogP contribution in [0.25, 0.3) is 0 Å². The molecule has 1 aliphatic heterocycles. The molecule has 0 aromatic rings. The summed E-state index contributed by atoms with van der Waals surface area (Å²) in [5.74, 6) is 0.697. The topological polar surface area (TPSA) is 44.1 Å². The number of carbonyl (C=O) groups excluding carboxylic acids is 1. The van der Waals surface area contributed by atoms with Crippen molar-refractivity contribution in [1.29, 1.82) is 5.26 Å². The predicted molar refractivity (Wildman–Crippen MR) is 49.8 cm³/mol. The number of amides is 1. The predicted octanol–water partition coefficient (Wildman–Crippen LogP) is 1.55. The van der Waals surface area contributed by atoms with E-state index in [0.29, 0.717) is 12.0 Å². The van der Waals surface area contributed by atoms with Crippen LogP contribution in [0.15, 0.2) is 0 Å². The van der Waals surface area contributed by atoms with E-state index < -0.39 is 0 Å². The summed E-state index contributed by atoms with van der Waals surface area (Å²) >= 11 is 0. The molecule has 1 aliphatic rings. The first-order chi connectivity index (χ1) is 6.15. The van der Waals surface area contributed by atoms with E-state index in [1.54, 1.807) is 0 Å². The Balaban J connectivity index is 2.51. The van der Waals surface area contributed by atoms with E-state index in [1.807, 2.05) is 11.0 Å². The van der Waals surface area contributed by atoms with Crippen molar-refractivity contribution >= 4 is 5.91 Å². The molecule has 0 spiro atoms. The lowest BCUT2D eigenvalue weighted by Crippen LogP contribution is -2.43. The summed E-state index contributed by atoms with van der Waals surface area (Å²) in [4.78, 5) is 13.3. The third kappa shape index (κ3) is 2.45. The fourth-order valence-corrected chi connectivity index (χ4v) is 1.95. The molecule has 72 valence electrons. The molecular formula is C10H16N2O. The molecule has 0 unspecified atom stereocenters. The van der Waals surface area contributed by atoms with Crippen LogP contribution in [0.5, 0.6) is 0 Å². The first kappa shape index (κ1) is 10.0. The monoisotopic (exact) mass is 180 g/mol. The van der Waals surface area contributed by atoms with Crippen molar-refractivity contribution in [3.05, 3.63) is 0 Å². The molecule has 3 nitrogen and oxygen atoms in total. The molecule has 3 heteroatoms. The lowest BCUT2D eigenvalue weighted by molar-refractivity contribution is -0.133. The van der Waals surface area contributed by atoms with E-state index in [-0.39, 0.29) is 12.3 Å². The van der Waals surface area contributed by atoms with Gasteiger partial charge in [-0.3, -0.25) is 4.79 Å². The number of likely N-dealkylation sites (tertiary alicyclic amines) is 1. The summed E-state index contributed by atoms with van der Waals surface area (Å²) < 4.78 is 0. The van der Waals surface area contributed by atoms with Gasteiger partial charge in [-0.2, -0.15) is 5.26 Å². The maximum Gasteiger partial charge on any atom is 0.237 e. The van der Waals surface area contributed by atoms with Gasteiger partial charge >= 0.3 is 0 Å². The van der Waals surface area contributed by atoms with Gasteiger partial charge in [0, 0.05) is 12.6 Å². The first-order valence-corrected chi connectivity index (χ1v) is 4.81. The van der Waals surface area contributed by atoms with Gasteiger partial charge in [-0.25, -0.2) is 0 Å². The van der Waals surface area contributed by atoms with Crippen LogP contribution in [-0.4, -0.2) is 23.4 Å². The second kappa shape index (κ2) is 4.27. The van der Waals surface area contributed by atoms with Crippen LogP contribution in [0.2, 0.25) is 0 Å². The van der Waals surface area contributed by atoms with Crippen molar-refractivity contribution in [3.63, 3.8) is 0 Å². The molecule has 0 bridgehead atoms. The summed E-state index contributed by atoms with van der Waals surface area (Å²) in [6, 6.07) is 2.22. The Kier molecular flexibility index (Phi) is 3.30. The largest absolute Gasteiger partial charge is 0.339 e. The molecule has 0 saturated carbocycles. The molecule has 0 N–H and O–H groups in total. The molecule has 0 aliphatic carbocycles. The highest BCUT2D eigenvalue weighted by Crippen LogP contribution is 2.22. The van der Waals surface area contributed by atoms with E-state index >= 15 is 0 Å². The summed E-state index contributed by atoms with van der Waals surface area (Å²) in [6.45, 7) is 5.09. The molecule has 2 atom stereocenters. The number of hydrogen-bond acceptors (Lipinski definition) is 2. The summed E-state index contributed by atoms with van der Waals surface area (Å²) in [7, 11) is 0. The van der Waals surface area contributed by atoms with Crippen LogP contribution >= 0.6 is 0 Å². The molecule has 13 heavy (non-hydrogen) atoms. The summed E-state index contributed by atoms with van der Waals surface area (Å²) in [5.41, 5.74) is 0. The van der Waals surface area contributed by atoms with Crippen LogP contribution in [0, 0.1) is 17.2 Å². The average Bonchev–Trinajstić information content (AvgIpc) is 2.04. The molecule has 0 radical (unpaired) electrons. The van der Waals surface area contributed by atoms with E-state index in [1.165, 1.54) is 0 Å². The lowest BCUT2D eigenvalue weighted by atomic mass is 9.93. The molecule has 1 heterocycles. The highest BCUT2D eigenvalue weighted by Gasteiger charge is 2.25. The lowest BCUT2D eigenvalue weighted by Gasteiger charge is -2.36. The van der Waals surface area contributed by atoms with Gasteiger partial charge in [-0.15, -0.1) is 0 Å². The highest BCUT2D eigenvalue weighted by molar-refractivity contribution is 5.78. The standard InChI is InChI=1S/C10H16N2O/c1-8-4-6-12(9(2)7-8)10(13)3-5-11/h8-9H,3-4,6-7H2,1-2H3/t8-,9-/m0/s1. The second-order valence-electron chi connectivity index (χ2n) is 3.90. The van der Waals surface area contributed by atoms with E-state index in [9.17, 15) is 4.79 Å². The van der Waals surface area contributed by atoms with E-state index in [0.717, 1.165) is 19.4 Å². The Labute approximate surface area is 79.3 Å². The van der Waals surface area contributed by atoms with E-state index in [4.69, 9.17) is 5.26 Å². The zero-order chi connectivity index (χ0) is 9.84. The van der Waals surface area contributed by atoms with Gasteiger partial charge in [0.05, 0.1) is 6.07 Å². The maximum absolute atomic E-state index is 11.4. The van der Waals surface area contributed by atoms with Crippen molar-refractivity contribution in [2.45, 2.75) is 39.2 Å². The van der Waals surface area contributed by atoms with Crippen molar-refractivity contribution in [1.82, 2.24) is 4.90 Å². The fraction of sp³-hybridized carbons (Fsp3) is 0.800. The van der Waals surface area contributed by atoms with Gasteiger partial charge in [-0.1, -0.05) is 6.92 Å². The van der Waals surface area contributed by atoms with Crippen LogP contribution in [0.3, 0.4) is 0 Å². The molecule has 1 amide bonds. The third-order valence-electron chi connectivity index (χ3n) is 2.69. The minimum Gasteiger partial charge on any atom is -0.339 e. The van der Waals surface area contributed by atoms with Gasteiger partial charge < -0.3 is 4.90 Å². The van der Waals surface area contributed by atoms with Gasteiger partial charge in [0.2, 0.25) is 5.91 Å². The SMILES string of the molecule is C[C@H]1CCN(C(=O)CC#N)[C@@H](C)C1. The number of piperidine rings is 1. The Morgan fingerprint density at radius 1 is 1.62 bits per heavy atom. The molecular weight excluding hydrogens is 164 g/mol. The Morgan fingerprint density at radius 2 is 2.31 bits per heavy atom. The first-order valence-electron chi connectivity index (χ1n) is 4.81. The van der Waals surface area contributed by atoms with Crippen LogP contribution < -0.4 is 0 Å². The zero-order valence-electron chi connectivity index (χ0n) is 8.29. The zero-order valence-corrected chi connectivity index (χ0v) is 8.29. The minimum absolute atomic E-state index is 0.0121. The summed E-state index contributed by atoms with van der Waals surface area (Å²) in [6.07, 6.45) is 2.16. The van der Waals surface area contributed by atoms with Gasteiger partial charge in [-0.05, 0) is 25.7 Å². The Bertz CT molecular complexity index is 232. The number of rotatable bonds is 1. The Hall–Kier alpha value is -1.04. The number of nitriles is 1. The quantitative estimate of drug-likeness (QED) is 0.614. The fourth-order valence-electron chi connectivity index (χ4n) is 1.95. The van der Waals surface area contributed by atoms with Crippen molar-refractivity contribution in [2.24, 2.45) is 5.92 Å². The van der Waals surface area contributed by atoms with Gasteiger partial charge in [0.1, 0.15) is 6.42 Å². The van der Waals surface area contributed by atoms with Crippen molar-refractivity contribution in [2.75, 3.05) is 6.54 Å². The Morgan fingerprint density at radius 3 is 2.85 bits per heavy atom. The molecule has 0 aromatic carbocycles. The van der Waals surface area contributed by atoms with Crippen LogP contribution in [-0.2, 0) is 4.79 Å². The van der Waals surface area contributed by atoms with E-state index in [2.05, 4.69) is 13.8 Å². The maximum atomic E-state index is 11.4. The van der Waals surface area contributed by atoms with Crippen molar-refractivity contribution < 1.29 is 4.79 Å². The number of hydrogen-bond donors (Lipinski definition) is 0. The molecule has 0 aromatic heterocycles. The number of carbonyl (C=O) groups is 1. The van der Waals surface area contributed by atoms with Gasteiger partial charge in [0.25, 0.3) is 0 Å². The minimum atomic E-state index is -0.0121. The molecule has 1 rings (SSSR count). The average molecular weight is 180 g/mol. The van der Waals surface area contributed by atoms with Crippen LogP contribution in [0.4, 0.5) is 0 Å². The third-order valence-corrected chi connectivity index (χ3v) is 2.69. The number of nitrogens with zero attached hydrogens (tertiary/aromatic N) is 2. The molecule has 1 saturated heterocycles. The summed E-state index contributed by atoms with van der Waals surface area (Å²) in [5, 5.41) is 8.41. The smallest absolute Gasteiger partial charge is 0.237 e. The second-order valence-corrected chi connectivity index (χ2v) is 3.90. The molecule has 1 fully saturated rings.